The minimum absolute atomic E-state index is 0.106. The van der Waals surface area contributed by atoms with Crippen molar-refractivity contribution < 1.29 is 24.1 Å². The second-order valence-corrected chi connectivity index (χ2v) is 9.33. The first kappa shape index (κ1) is 28.6. The Morgan fingerprint density at radius 2 is 1.46 bits per heavy atom. The predicted octanol–water partition coefficient (Wildman–Crippen LogP) is 6.32. The summed E-state index contributed by atoms with van der Waals surface area (Å²) in [5.74, 6) is 2.86. The van der Waals surface area contributed by atoms with Gasteiger partial charge >= 0.3 is 0 Å². The molecule has 200 valence electrons. The lowest BCUT2D eigenvalue weighted by Gasteiger charge is -2.32. The lowest BCUT2D eigenvalue weighted by atomic mass is 10.0. The quantitative estimate of drug-likeness (QED) is 0.265. The fourth-order valence-corrected chi connectivity index (χ4v) is 4.55. The zero-order chi connectivity index (χ0) is 26.8. The van der Waals surface area contributed by atoms with Crippen molar-refractivity contribution in [2.75, 3.05) is 34.0 Å². The van der Waals surface area contributed by atoms with Crippen LogP contribution in [0.3, 0.4) is 0 Å². The summed E-state index contributed by atoms with van der Waals surface area (Å²) in [6, 6.07) is 19.5. The van der Waals surface area contributed by atoms with Crippen molar-refractivity contribution in [2.24, 2.45) is 0 Å². The third-order valence-electron chi connectivity index (χ3n) is 6.24. The van der Waals surface area contributed by atoms with Crippen molar-refractivity contribution in [1.82, 2.24) is 4.90 Å². The van der Waals surface area contributed by atoms with E-state index in [1.54, 1.807) is 14.2 Å². The van der Waals surface area contributed by atoms with E-state index in [2.05, 4.69) is 17.9 Å². The molecular weight excluding hydrogens is 490 g/mol. The molecular formula is C30H38ClNO5. The number of ether oxygens (including phenoxy) is 4. The number of methoxy groups -OCH3 is 2. The molecule has 3 aromatic rings. The standard InChI is InChI=1S/C30H38ClNO5/c1-6-36-28-14-12-23(17-30(28)37-7-2)19-32(20-26(33)24-9-8-10-25(31)18-24)21(3)15-22-11-13-27(34-4)29(16-22)35-5/h8-14,16-18,21,26,33H,6-7,15,19-20H2,1-5H3/t21?,26-/m0/s1. The molecule has 7 heteroatoms. The normalized spacial score (nSPS) is 12.8. The topological polar surface area (TPSA) is 60.4 Å². The molecule has 6 nitrogen and oxygen atoms in total. The lowest BCUT2D eigenvalue weighted by molar-refractivity contribution is 0.0858. The third kappa shape index (κ3) is 8.03. The molecule has 3 aromatic carbocycles. The third-order valence-corrected chi connectivity index (χ3v) is 6.47. The number of halogens is 1. The Balaban J connectivity index is 1.87. The van der Waals surface area contributed by atoms with E-state index in [0.29, 0.717) is 42.8 Å². The van der Waals surface area contributed by atoms with E-state index >= 15 is 0 Å². The highest BCUT2D eigenvalue weighted by atomic mass is 35.5. The Hall–Kier alpha value is -2.93. The average molecular weight is 528 g/mol. The maximum absolute atomic E-state index is 11.1. The van der Waals surface area contributed by atoms with E-state index in [-0.39, 0.29) is 6.04 Å². The molecule has 0 radical (unpaired) electrons. The molecule has 37 heavy (non-hydrogen) atoms. The molecule has 3 rings (SSSR count). The van der Waals surface area contributed by atoms with E-state index in [0.717, 1.165) is 34.6 Å². The summed E-state index contributed by atoms with van der Waals surface area (Å²) in [6.45, 7) is 8.26. The summed E-state index contributed by atoms with van der Waals surface area (Å²) in [5.41, 5.74) is 2.98. The highest BCUT2D eigenvalue weighted by Crippen LogP contribution is 2.31. The summed E-state index contributed by atoms with van der Waals surface area (Å²) >= 11 is 6.19. The zero-order valence-electron chi connectivity index (χ0n) is 22.4. The van der Waals surface area contributed by atoms with Gasteiger partial charge in [-0.1, -0.05) is 35.9 Å². The van der Waals surface area contributed by atoms with Gasteiger partial charge in [0, 0.05) is 24.2 Å². The molecule has 2 atom stereocenters. The highest BCUT2D eigenvalue weighted by Gasteiger charge is 2.21. The van der Waals surface area contributed by atoms with Crippen LogP contribution in [0.1, 0.15) is 43.6 Å². The van der Waals surface area contributed by atoms with Crippen molar-refractivity contribution in [3.63, 3.8) is 0 Å². The molecule has 0 bridgehead atoms. The Bertz CT molecular complexity index is 1140. The van der Waals surface area contributed by atoms with E-state index in [9.17, 15) is 5.11 Å². The van der Waals surface area contributed by atoms with Gasteiger partial charge in [-0.3, -0.25) is 4.90 Å². The van der Waals surface area contributed by atoms with Crippen LogP contribution in [0.5, 0.6) is 23.0 Å². The van der Waals surface area contributed by atoms with Crippen LogP contribution < -0.4 is 18.9 Å². The molecule has 0 aliphatic carbocycles. The van der Waals surface area contributed by atoms with E-state index in [1.807, 2.05) is 68.4 Å². The van der Waals surface area contributed by atoms with Crippen LogP contribution >= 0.6 is 11.6 Å². The molecule has 0 saturated heterocycles. The van der Waals surface area contributed by atoms with Gasteiger partial charge in [-0.25, -0.2) is 0 Å². The molecule has 0 aliphatic heterocycles. The summed E-state index contributed by atoms with van der Waals surface area (Å²) in [6.07, 6.45) is 0.0680. The van der Waals surface area contributed by atoms with Crippen molar-refractivity contribution >= 4 is 11.6 Å². The number of hydrogen-bond donors (Lipinski definition) is 1. The Kier molecular flexibility index (Phi) is 10.9. The molecule has 1 N–H and O–H groups in total. The summed E-state index contributed by atoms with van der Waals surface area (Å²) in [7, 11) is 3.27. The SMILES string of the molecule is CCOc1ccc(CN(C[C@H](O)c2cccc(Cl)c2)C(C)Cc2ccc(OC)c(OC)c2)cc1OCC. The maximum Gasteiger partial charge on any atom is 0.161 e. The van der Waals surface area contributed by atoms with Crippen LogP contribution in [0.2, 0.25) is 5.02 Å². The summed E-state index contributed by atoms with van der Waals surface area (Å²) in [4.78, 5) is 2.27. The molecule has 0 aromatic heterocycles. The van der Waals surface area contributed by atoms with Gasteiger partial charge in [0.25, 0.3) is 0 Å². The van der Waals surface area contributed by atoms with Gasteiger partial charge in [-0.15, -0.1) is 0 Å². The molecule has 0 saturated carbocycles. The number of nitrogens with zero attached hydrogens (tertiary/aromatic N) is 1. The lowest BCUT2D eigenvalue weighted by Crippen LogP contribution is -2.37. The van der Waals surface area contributed by atoms with E-state index in [1.165, 1.54) is 0 Å². The zero-order valence-corrected chi connectivity index (χ0v) is 23.1. The number of benzene rings is 3. The molecule has 0 aliphatic rings. The smallest absolute Gasteiger partial charge is 0.161 e. The molecule has 0 amide bonds. The maximum atomic E-state index is 11.1. The van der Waals surface area contributed by atoms with E-state index in [4.69, 9.17) is 30.5 Å². The minimum Gasteiger partial charge on any atom is -0.493 e. The summed E-state index contributed by atoms with van der Waals surface area (Å²) < 4.78 is 22.5. The Morgan fingerprint density at radius 1 is 0.811 bits per heavy atom. The number of hydrogen-bond acceptors (Lipinski definition) is 6. The number of aliphatic hydroxyl groups is 1. The number of aliphatic hydroxyl groups excluding tert-OH is 1. The molecule has 0 heterocycles. The van der Waals surface area contributed by atoms with Gasteiger partial charge in [-0.05, 0) is 80.3 Å². The predicted molar refractivity (Wildman–Crippen MR) is 148 cm³/mol. The van der Waals surface area contributed by atoms with Crippen molar-refractivity contribution in [2.45, 2.75) is 45.9 Å². The first-order valence-corrected chi connectivity index (χ1v) is 13.0. The van der Waals surface area contributed by atoms with Gasteiger partial charge in [0.05, 0.1) is 33.5 Å². The largest absolute Gasteiger partial charge is 0.493 e. The van der Waals surface area contributed by atoms with Gasteiger partial charge in [0.15, 0.2) is 23.0 Å². The fraction of sp³-hybridized carbons (Fsp3) is 0.400. The summed E-state index contributed by atoms with van der Waals surface area (Å²) in [5, 5.41) is 11.7. The van der Waals surface area contributed by atoms with Crippen LogP contribution in [-0.4, -0.2) is 50.0 Å². The van der Waals surface area contributed by atoms with Crippen LogP contribution in [0.4, 0.5) is 0 Å². The molecule has 0 fully saturated rings. The van der Waals surface area contributed by atoms with Crippen LogP contribution in [0.15, 0.2) is 60.7 Å². The fourth-order valence-electron chi connectivity index (χ4n) is 4.35. The highest BCUT2D eigenvalue weighted by molar-refractivity contribution is 6.30. The first-order chi connectivity index (χ1) is 17.9. The minimum atomic E-state index is -0.694. The monoisotopic (exact) mass is 527 g/mol. The van der Waals surface area contributed by atoms with E-state index < -0.39 is 6.10 Å². The Labute approximate surface area is 225 Å². The van der Waals surface area contributed by atoms with Gasteiger partial charge in [-0.2, -0.15) is 0 Å². The number of rotatable bonds is 14. The van der Waals surface area contributed by atoms with Crippen molar-refractivity contribution in [3.05, 3.63) is 82.4 Å². The average Bonchev–Trinajstić information content (AvgIpc) is 2.89. The van der Waals surface area contributed by atoms with Crippen molar-refractivity contribution in [3.8, 4) is 23.0 Å². The van der Waals surface area contributed by atoms with Crippen LogP contribution in [0, 0.1) is 0 Å². The molecule has 1 unspecified atom stereocenters. The molecule has 0 spiro atoms. The first-order valence-electron chi connectivity index (χ1n) is 12.6. The Morgan fingerprint density at radius 3 is 2.14 bits per heavy atom. The van der Waals surface area contributed by atoms with Gasteiger partial charge < -0.3 is 24.1 Å². The van der Waals surface area contributed by atoms with Crippen LogP contribution in [0.25, 0.3) is 0 Å². The van der Waals surface area contributed by atoms with Gasteiger partial charge in [0.1, 0.15) is 0 Å². The second-order valence-electron chi connectivity index (χ2n) is 8.89. The van der Waals surface area contributed by atoms with Crippen LogP contribution in [-0.2, 0) is 13.0 Å². The second kappa shape index (κ2) is 14.1. The van der Waals surface area contributed by atoms with Gasteiger partial charge in [0.2, 0.25) is 0 Å². The van der Waals surface area contributed by atoms with Crippen molar-refractivity contribution in [1.29, 1.82) is 0 Å².